The Labute approximate surface area is 145 Å². The van der Waals surface area contributed by atoms with E-state index in [2.05, 4.69) is 26.1 Å². The molecule has 0 aromatic heterocycles. The summed E-state index contributed by atoms with van der Waals surface area (Å²) < 4.78 is 27.1. The highest BCUT2D eigenvalue weighted by molar-refractivity contribution is 7.89. The molecule has 1 atom stereocenters. The second kappa shape index (κ2) is 8.12. The zero-order chi connectivity index (χ0) is 17.7. The zero-order valence-electron chi connectivity index (χ0n) is 14.8. The average Bonchev–Trinajstić information content (AvgIpc) is 2.54. The smallest absolute Gasteiger partial charge is 0.251 e. The number of benzene rings is 1. The van der Waals surface area contributed by atoms with Gasteiger partial charge in [-0.15, -0.1) is 0 Å². The number of hydrogen-bond donors (Lipinski definition) is 1. The summed E-state index contributed by atoms with van der Waals surface area (Å²) in [6.07, 6.45) is 2.84. The van der Waals surface area contributed by atoms with Gasteiger partial charge in [-0.3, -0.25) is 4.79 Å². The summed E-state index contributed by atoms with van der Waals surface area (Å²) in [5.41, 5.74) is 0.393. The van der Waals surface area contributed by atoms with E-state index >= 15 is 0 Å². The van der Waals surface area contributed by atoms with E-state index in [1.807, 2.05) is 0 Å². The lowest BCUT2D eigenvalue weighted by molar-refractivity contribution is 0.0952. The lowest BCUT2D eigenvalue weighted by Crippen LogP contribution is -2.39. The normalized spacial score (nSPS) is 19.4. The van der Waals surface area contributed by atoms with Gasteiger partial charge in [0.05, 0.1) is 4.90 Å². The molecule has 24 heavy (non-hydrogen) atoms. The van der Waals surface area contributed by atoms with Crippen molar-refractivity contribution in [3.8, 4) is 0 Å². The van der Waals surface area contributed by atoms with Crippen molar-refractivity contribution >= 4 is 15.9 Å². The Morgan fingerprint density at radius 3 is 2.79 bits per heavy atom. The average molecular weight is 353 g/mol. The third-order valence-electron chi connectivity index (χ3n) is 4.36. The summed E-state index contributed by atoms with van der Waals surface area (Å²) in [5.74, 6) is 0.661. The fraction of sp³-hybridized carbons (Fsp3) is 0.611. The Kier molecular flexibility index (Phi) is 6.40. The molecule has 134 valence electrons. The number of carbonyl (C=O) groups excluding carboxylic acids is 1. The molecule has 1 saturated heterocycles. The molecule has 1 unspecified atom stereocenters. The summed E-state index contributed by atoms with van der Waals surface area (Å²) in [6, 6.07) is 6.35. The van der Waals surface area contributed by atoms with Crippen molar-refractivity contribution in [3.63, 3.8) is 0 Å². The summed E-state index contributed by atoms with van der Waals surface area (Å²) in [5, 5.41) is 2.85. The molecule has 0 bridgehead atoms. The number of amides is 1. The van der Waals surface area contributed by atoms with E-state index in [1.54, 1.807) is 18.2 Å². The van der Waals surface area contributed by atoms with Crippen LogP contribution in [-0.4, -0.2) is 38.3 Å². The van der Waals surface area contributed by atoms with Crippen LogP contribution in [0.4, 0.5) is 0 Å². The monoisotopic (exact) mass is 352 g/mol. The standard InChI is InChI=1S/C18H28N2O3S/c1-14(2)9-10-19-18(21)16-7-4-8-17(12-16)24(22,23)20-11-5-6-15(3)13-20/h4,7-8,12,14-15H,5-6,9-11,13H2,1-3H3,(H,19,21). The predicted molar refractivity (Wildman–Crippen MR) is 95.4 cm³/mol. The molecule has 5 nitrogen and oxygen atoms in total. The third-order valence-corrected chi connectivity index (χ3v) is 6.22. The van der Waals surface area contributed by atoms with Gasteiger partial charge in [-0.25, -0.2) is 8.42 Å². The molecule has 1 aliphatic rings. The molecule has 1 amide bonds. The summed E-state index contributed by atoms with van der Waals surface area (Å²) >= 11 is 0. The highest BCUT2D eigenvalue weighted by Crippen LogP contribution is 2.24. The van der Waals surface area contributed by atoms with Crippen LogP contribution in [-0.2, 0) is 10.0 Å². The molecular weight excluding hydrogens is 324 g/mol. The van der Waals surface area contributed by atoms with E-state index in [0.29, 0.717) is 37.0 Å². The van der Waals surface area contributed by atoms with Crippen molar-refractivity contribution in [2.45, 2.75) is 44.9 Å². The molecule has 1 fully saturated rings. The Bertz CT molecular complexity index is 671. The molecular formula is C18H28N2O3S. The second-order valence-corrected chi connectivity index (χ2v) is 9.01. The molecule has 1 aromatic carbocycles. The second-order valence-electron chi connectivity index (χ2n) is 7.08. The van der Waals surface area contributed by atoms with Crippen LogP contribution in [0.2, 0.25) is 0 Å². The van der Waals surface area contributed by atoms with Gasteiger partial charge in [0, 0.05) is 25.2 Å². The van der Waals surface area contributed by atoms with E-state index in [-0.39, 0.29) is 10.8 Å². The van der Waals surface area contributed by atoms with Crippen molar-refractivity contribution in [1.82, 2.24) is 9.62 Å². The van der Waals surface area contributed by atoms with Gasteiger partial charge in [-0.2, -0.15) is 4.31 Å². The summed E-state index contributed by atoms with van der Waals surface area (Å²) in [4.78, 5) is 12.4. The van der Waals surface area contributed by atoms with Crippen LogP contribution in [0.3, 0.4) is 0 Å². The molecule has 1 N–H and O–H groups in total. The number of nitrogens with one attached hydrogen (secondary N) is 1. The lowest BCUT2D eigenvalue weighted by Gasteiger charge is -2.30. The largest absolute Gasteiger partial charge is 0.352 e. The van der Waals surface area contributed by atoms with Crippen LogP contribution in [0.15, 0.2) is 29.2 Å². The molecule has 0 radical (unpaired) electrons. The maximum Gasteiger partial charge on any atom is 0.251 e. The number of carbonyl (C=O) groups is 1. The minimum absolute atomic E-state index is 0.202. The van der Waals surface area contributed by atoms with E-state index in [0.717, 1.165) is 19.3 Å². The molecule has 6 heteroatoms. The van der Waals surface area contributed by atoms with Crippen LogP contribution in [0.5, 0.6) is 0 Å². The lowest BCUT2D eigenvalue weighted by atomic mass is 10.0. The molecule has 0 saturated carbocycles. The Morgan fingerprint density at radius 2 is 2.12 bits per heavy atom. The van der Waals surface area contributed by atoms with Crippen molar-refractivity contribution in [1.29, 1.82) is 0 Å². The first-order valence-corrected chi connectivity index (χ1v) is 10.1. The maximum absolute atomic E-state index is 12.8. The van der Waals surface area contributed by atoms with Crippen LogP contribution >= 0.6 is 0 Å². The molecule has 1 aliphatic heterocycles. The molecule has 1 aromatic rings. The van der Waals surface area contributed by atoms with Gasteiger partial charge in [0.1, 0.15) is 0 Å². The third kappa shape index (κ3) is 4.80. The van der Waals surface area contributed by atoms with Crippen molar-refractivity contribution in [2.24, 2.45) is 11.8 Å². The number of nitrogens with zero attached hydrogens (tertiary/aromatic N) is 1. The van der Waals surface area contributed by atoms with E-state index in [1.165, 1.54) is 10.4 Å². The molecule has 1 heterocycles. The zero-order valence-corrected chi connectivity index (χ0v) is 15.6. The minimum Gasteiger partial charge on any atom is -0.352 e. The van der Waals surface area contributed by atoms with Gasteiger partial charge in [0.2, 0.25) is 10.0 Å². The number of rotatable bonds is 6. The summed E-state index contributed by atoms with van der Waals surface area (Å²) in [6.45, 7) is 7.96. The van der Waals surface area contributed by atoms with Gasteiger partial charge < -0.3 is 5.32 Å². The highest BCUT2D eigenvalue weighted by Gasteiger charge is 2.29. The van der Waals surface area contributed by atoms with Crippen molar-refractivity contribution in [3.05, 3.63) is 29.8 Å². The van der Waals surface area contributed by atoms with Gasteiger partial charge in [-0.05, 0) is 49.3 Å². The molecule has 2 rings (SSSR count). The van der Waals surface area contributed by atoms with E-state index in [9.17, 15) is 13.2 Å². The molecule has 0 aliphatic carbocycles. The summed E-state index contributed by atoms with van der Waals surface area (Å²) in [7, 11) is -3.53. The van der Waals surface area contributed by atoms with E-state index in [4.69, 9.17) is 0 Å². The first-order chi connectivity index (χ1) is 11.3. The fourth-order valence-corrected chi connectivity index (χ4v) is 4.53. The minimum atomic E-state index is -3.53. The fourth-order valence-electron chi connectivity index (χ4n) is 2.89. The van der Waals surface area contributed by atoms with Crippen molar-refractivity contribution in [2.75, 3.05) is 19.6 Å². The van der Waals surface area contributed by atoms with Gasteiger partial charge in [0.25, 0.3) is 5.91 Å². The highest BCUT2D eigenvalue weighted by atomic mass is 32.2. The number of sulfonamides is 1. The van der Waals surface area contributed by atoms with E-state index < -0.39 is 10.0 Å². The Hall–Kier alpha value is -1.40. The number of hydrogen-bond acceptors (Lipinski definition) is 3. The Morgan fingerprint density at radius 1 is 1.38 bits per heavy atom. The van der Waals surface area contributed by atoms with Crippen LogP contribution < -0.4 is 5.32 Å². The first kappa shape index (κ1) is 18.9. The van der Waals surface area contributed by atoms with Gasteiger partial charge >= 0.3 is 0 Å². The van der Waals surface area contributed by atoms with Crippen molar-refractivity contribution < 1.29 is 13.2 Å². The SMILES string of the molecule is CC(C)CCNC(=O)c1cccc(S(=O)(=O)N2CCCC(C)C2)c1. The quantitative estimate of drug-likeness (QED) is 0.856. The topological polar surface area (TPSA) is 66.5 Å². The van der Waals surface area contributed by atoms with Gasteiger partial charge in [-0.1, -0.05) is 26.8 Å². The maximum atomic E-state index is 12.8. The van der Waals surface area contributed by atoms with Crippen LogP contribution in [0, 0.1) is 11.8 Å². The Balaban J connectivity index is 2.12. The van der Waals surface area contributed by atoms with Gasteiger partial charge in [0.15, 0.2) is 0 Å². The predicted octanol–water partition coefficient (Wildman–Crippen LogP) is 2.88. The van der Waals surface area contributed by atoms with Crippen LogP contribution in [0.25, 0.3) is 0 Å². The first-order valence-electron chi connectivity index (χ1n) is 8.69. The van der Waals surface area contributed by atoms with Crippen LogP contribution in [0.1, 0.15) is 50.4 Å². The molecule has 0 spiro atoms. The number of piperidine rings is 1.